The summed E-state index contributed by atoms with van der Waals surface area (Å²) in [5, 5.41) is 7.14. The molecule has 0 unspecified atom stereocenters. The Hall–Kier alpha value is -3.15. The van der Waals surface area contributed by atoms with Crippen LogP contribution in [0, 0.1) is 6.92 Å². The van der Waals surface area contributed by atoms with Gasteiger partial charge in [-0.05, 0) is 57.2 Å². The third kappa shape index (κ3) is 3.85. The molecule has 0 aliphatic carbocycles. The van der Waals surface area contributed by atoms with Crippen molar-refractivity contribution in [1.29, 1.82) is 0 Å². The molecule has 3 rings (SSSR count). The standard InChI is InChI=1S/C19H20N4O2/c1-13(2)25-16-9-7-15(8-10-16)22-19(24)17-12-21-23(14(17)3)18-6-4-5-11-20-18/h4-13H,1-3H3,(H,22,24). The molecule has 6 nitrogen and oxygen atoms in total. The summed E-state index contributed by atoms with van der Waals surface area (Å²) in [6, 6.07) is 12.9. The van der Waals surface area contributed by atoms with E-state index in [-0.39, 0.29) is 12.0 Å². The number of benzene rings is 1. The van der Waals surface area contributed by atoms with Gasteiger partial charge in [0.25, 0.3) is 5.91 Å². The maximum Gasteiger partial charge on any atom is 0.259 e. The second-order valence-electron chi connectivity index (χ2n) is 5.89. The summed E-state index contributed by atoms with van der Waals surface area (Å²) in [6.07, 6.45) is 3.35. The van der Waals surface area contributed by atoms with Gasteiger partial charge in [-0.1, -0.05) is 6.07 Å². The quantitative estimate of drug-likeness (QED) is 0.773. The zero-order valence-electron chi connectivity index (χ0n) is 14.4. The van der Waals surface area contributed by atoms with E-state index < -0.39 is 0 Å². The highest BCUT2D eigenvalue weighted by Crippen LogP contribution is 2.19. The van der Waals surface area contributed by atoms with E-state index in [4.69, 9.17) is 4.74 Å². The summed E-state index contributed by atoms with van der Waals surface area (Å²) in [6.45, 7) is 5.78. The Morgan fingerprint density at radius 1 is 1.16 bits per heavy atom. The van der Waals surface area contributed by atoms with Crippen LogP contribution >= 0.6 is 0 Å². The van der Waals surface area contributed by atoms with Crippen molar-refractivity contribution in [1.82, 2.24) is 14.8 Å². The van der Waals surface area contributed by atoms with Crippen molar-refractivity contribution in [2.45, 2.75) is 26.9 Å². The number of aromatic nitrogens is 3. The van der Waals surface area contributed by atoms with Crippen LogP contribution in [0.15, 0.2) is 54.9 Å². The van der Waals surface area contributed by atoms with Gasteiger partial charge in [-0.25, -0.2) is 9.67 Å². The summed E-state index contributed by atoms with van der Waals surface area (Å²) in [7, 11) is 0. The molecular formula is C19H20N4O2. The first-order chi connectivity index (χ1) is 12.0. The Morgan fingerprint density at radius 3 is 2.56 bits per heavy atom. The highest BCUT2D eigenvalue weighted by atomic mass is 16.5. The van der Waals surface area contributed by atoms with Crippen molar-refractivity contribution >= 4 is 11.6 Å². The lowest BCUT2D eigenvalue weighted by Crippen LogP contribution is -2.13. The van der Waals surface area contributed by atoms with E-state index in [1.54, 1.807) is 17.1 Å². The van der Waals surface area contributed by atoms with E-state index in [1.807, 2.05) is 63.2 Å². The van der Waals surface area contributed by atoms with Gasteiger partial charge in [0.2, 0.25) is 0 Å². The number of hydrogen-bond donors (Lipinski definition) is 1. The predicted molar refractivity (Wildman–Crippen MR) is 96.3 cm³/mol. The molecule has 0 atom stereocenters. The minimum atomic E-state index is -0.211. The number of anilines is 1. The number of amides is 1. The van der Waals surface area contributed by atoms with Gasteiger partial charge < -0.3 is 10.1 Å². The van der Waals surface area contributed by atoms with Crippen LogP contribution in [0.2, 0.25) is 0 Å². The molecule has 1 aromatic carbocycles. The van der Waals surface area contributed by atoms with Crippen LogP contribution < -0.4 is 10.1 Å². The van der Waals surface area contributed by atoms with Gasteiger partial charge in [0.05, 0.1) is 23.6 Å². The molecule has 2 heterocycles. The van der Waals surface area contributed by atoms with E-state index in [2.05, 4.69) is 15.4 Å². The molecule has 0 fully saturated rings. The van der Waals surface area contributed by atoms with Gasteiger partial charge in [-0.15, -0.1) is 0 Å². The van der Waals surface area contributed by atoms with E-state index in [1.165, 1.54) is 0 Å². The normalized spacial score (nSPS) is 10.7. The second kappa shape index (κ2) is 7.17. The monoisotopic (exact) mass is 336 g/mol. The number of nitrogens with zero attached hydrogens (tertiary/aromatic N) is 3. The Balaban J connectivity index is 1.75. The van der Waals surface area contributed by atoms with Crippen molar-refractivity contribution in [3.05, 3.63) is 66.1 Å². The molecular weight excluding hydrogens is 316 g/mol. The molecule has 0 bridgehead atoms. The van der Waals surface area contributed by atoms with E-state index in [9.17, 15) is 4.79 Å². The number of carbonyl (C=O) groups excluding carboxylic acids is 1. The summed E-state index contributed by atoms with van der Waals surface area (Å²) < 4.78 is 7.24. The topological polar surface area (TPSA) is 69.0 Å². The Morgan fingerprint density at radius 2 is 1.92 bits per heavy atom. The largest absolute Gasteiger partial charge is 0.491 e. The van der Waals surface area contributed by atoms with E-state index in [0.717, 1.165) is 11.4 Å². The third-order valence-corrected chi connectivity index (χ3v) is 3.60. The molecule has 0 aliphatic rings. The molecule has 3 aromatic rings. The van der Waals surface area contributed by atoms with Gasteiger partial charge >= 0.3 is 0 Å². The van der Waals surface area contributed by atoms with Crippen LogP contribution in [-0.4, -0.2) is 26.8 Å². The minimum Gasteiger partial charge on any atom is -0.491 e. The van der Waals surface area contributed by atoms with Gasteiger partial charge in [0.1, 0.15) is 5.75 Å². The number of pyridine rings is 1. The van der Waals surface area contributed by atoms with Crippen LogP contribution in [0.3, 0.4) is 0 Å². The van der Waals surface area contributed by atoms with Crippen molar-refractivity contribution in [2.75, 3.05) is 5.32 Å². The van der Waals surface area contributed by atoms with Crippen LogP contribution in [0.4, 0.5) is 5.69 Å². The number of hydrogen-bond acceptors (Lipinski definition) is 4. The highest BCUT2D eigenvalue weighted by molar-refractivity contribution is 6.05. The van der Waals surface area contributed by atoms with Gasteiger partial charge in [-0.2, -0.15) is 5.10 Å². The molecule has 0 aliphatic heterocycles. The van der Waals surface area contributed by atoms with Crippen LogP contribution in [0.5, 0.6) is 5.75 Å². The summed E-state index contributed by atoms with van der Waals surface area (Å²) in [4.78, 5) is 16.8. The zero-order chi connectivity index (χ0) is 17.8. The molecule has 0 saturated carbocycles. The zero-order valence-corrected chi connectivity index (χ0v) is 14.4. The number of ether oxygens (including phenoxy) is 1. The summed E-state index contributed by atoms with van der Waals surface area (Å²) in [5.41, 5.74) is 1.94. The van der Waals surface area contributed by atoms with Crippen molar-refractivity contribution in [2.24, 2.45) is 0 Å². The van der Waals surface area contributed by atoms with E-state index in [0.29, 0.717) is 17.1 Å². The fraction of sp³-hybridized carbons (Fsp3) is 0.211. The van der Waals surface area contributed by atoms with Gasteiger partial charge in [-0.3, -0.25) is 4.79 Å². The first-order valence-electron chi connectivity index (χ1n) is 8.08. The summed E-state index contributed by atoms with van der Waals surface area (Å²) in [5.74, 6) is 1.23. The van der Waals surface area contributed by atoms with Crippen molar-refractivity contribution in [3.8, 4) is 11.6 Å². The van der Waals surface area contributed by atoms with Crippen molar-refractivity contribution < 1.29 is 9.53 Å². The minimum absolute atomic E-state index is 0.112. The Bertz CT molecular complexity index is 855. The molecule has 2 aromatic heterocycles. The van der Waals surface area contributed by atoms with Gasteiger partial charge in [0.15, 0.2) is 5.82 Å². The third-order valence-electron chi connectivity index (χ3n) is 3.60. The lowest BCUT2D eigenvalue weighted by Gasteiger charge is -2.10. The first-order valence-corrected chi connectivity index (χ1v) is 8.08. The Kier molecular flexibility index (Phi) is 4.79. The van der Waals surface area contributed by atoms with Gasteiger partial charge in [0, 0.05) is 11.9 Å². The molecule has 1 N–H and O–H groups in total. The molecule has 25 heavy (non-hydrogen) atoms. The molecule has 1 amide bonds. The highest BCUT2D eigenvalue weighted by Gasteiger charge is 2.15. The van der Waals surface area contributed by atoms with Crippen LogP contribution in [-0.2, 0) is 0 Å². The maximum absolute atomic E-state index is 12.5. The SMILES string of the molecule is Cc1c(C(=O)Nc2ccc(OC(C)C)cc2)cnn1-c1ccccn1. The molecule has 128 valence electrons. The molecule has 6 heteroatoms. The Labute approximate surface area is 146 Å². The average Bonchev–Trinajstić information content (AvgIpc) is 2.98. The predicted octanol–water partition coefficient (Wildman–Crippen LogP) is 3.62. The van der Waals surface area contributed by atoms with Crippen molar-refractivity contribution in [3.63, 3.8) is 0 Å². The number of rotatable bonds is 5. The maximum atomic E-state index is 12.5. The molecule has 0 spiro atoms. The van der Waals surface area contributed by atoms with E-state index >= 15 is 0 Å². The first kappa shape index (κ1) is 16.7. The number of carbonyl (C=O) groups is 1. The van der Waals surface area contributed by atoms with Crippen LogP contribution in [0.1, 0.15) is 29.9 Å². The van der Waals surface area contributed by atoms with Crippen LogP contribution in [0.25, 0.3) is 5.82 Å². The molecule has 0 radical (unpaired) electrons. The lowest BCUT2D eigenvalue weighted by molar-refractivity contribution is 0.102. The smallest absolute Gasteiger partial charge is 0.259 e. The second-order valence-corrected chi connectivity index (χ2v) is 5.89. The summed E-state index contributed by atoms with van der Waals surface area (Å²) >= 11 is 0. The fourth-order valence-corrected chi connectivity index (χ4v) is 2.43. The lowest BCUT2D eigenvalue weighted by atomic mass is 10.2. The molecule has 0 saturated heterocycles. The average molecular weight is 336 g/mol. The number of nitrogens with one attached hydrogen (secondary N) is 1. The fourth-order valence-electron chi connectivity index (χ4n) is 2.43.